The molecule has 0 amide bonds. The van der Waals surface area contributed by atoms with Crippen LogP contribution in [0.1, 0.15) is 12.5 Å². The van der Waals surface area contributed by atoms with Crippen molar-refractivity contribution in [3.63, 3.8) is 0 Å². The normalized spacial score (nSPS) is 17.8. The Balaban J connectivity index is 2.64. The van der Waals surface area contributed by atoms with Gasteiger partial charge in [0.1, 0.15) is 5.75 Å². The average molecular weight is 268 g/mol. The molecule has 0 radical (unpaired) electrons. The van der Waals surface area contributed by atoms with E-state index in [2.05, 4.69) is 0 Å². The zero-order valence-corrected chi connectivity index (χ0v) is 10.7. The van der Waals surface area contributed by atoms with Gasteiger partial charge in [-0.15, -0.1) is 0 Å². The van der Waals surface area contributed by atoms with E-state index in [4.69, 9.17) is 9.84 Å². The highest BCUT2D eigenvalue weighted by Gasteiger charge is 2.32. The largest absolute Gasteiger partial charge is 0.497 e. The Kier molecular flexibility index (Phi) is 2.90. The molecule has 1 aliphatic rings. The molecule has 0 aliphatic carbocycles. The monoisotopic (exact) mass is 268 g/mol. The maximum Gasteiger partial charge on any atom is 0.310 e. The molecule has 96 valence electrons. The third-order valence-electron chi connectivity index (χ3n) is 2.92. The molecule has 0 fully saturated rings. The minimum Gasteiger partial charge on any atom is -0.497 e. The van der Waals surface area contributed by atoms with Crippen molar-refractivity contribution in [1.82, 2.24) is 0 Å². The van der Waals surface area contributed by atoms with E-state index in [0.717, 1.165) is 5.41 Å². The number of carboxylic acids is 1. The molecule has 0 saturated carbocycles. The van der Waals surface area contributed by atoms with Crippen LogP contribution < -0.4 is 4.74 Å². The third-order valence-corrected chi connectivity index (χ3v) is 4.46. The van der Waals surface area contributed by atoms with E-state index in [1.54, 1.807) is 12.1 Å². The molecule has 1 heterocycles. The van der Waals surface area contributed by atoms with Crippen LogP contribution in [0.5, 0.6) is 5.75 Å². The summed E-state index contributed by atoms with van der Waals surface area (Å²) in [5, 5.41) is 10.0. The number of hydrogen-bond acceptors (Lipinski definition) is 4. The van der Waals surface area contributed by atoms with Crippen LogP contribution in [-0.2, 0) is 14.6 Å². The minimum atomic E-state index is -3.54. The summed E-state index contributed by atoms with van der Waals surface area (Å²) in [4.78, 5) is 11.1. The Bertz CT molecular complexity index is 642. The van der Waals surface area contributed by atoms with Crippen molar-refractivity contribution in [2.45, 2.75) is 11.8 Å². The van der Waals surface area contributed by atoms with Crippen molar-refractivity contribution in [2.24, 2.45) is 5.92 Å². The first-order chi connectivity index (χ1) is 8.36. The van der Waals surface area contributed by atoms with Gasteiger partial charge in [0, 0.05) is 11.0 Å². The summed E-state index contributed by atoms with van der Waals surface area (Å²) in [7, 11) is -2.07. The number of carboxylic acid groups (broad SMARTS) is 1. The Labute approximate surface area is 105 Å². The highest BCUT2D eigenvalue weighted by atomic mass is 32.2. The summed E-state index contributed by atoms with van der Waals surface area (Å²) >= 11 is 0. The van der Waals surface area contributed by atoms with Gasteiger partial charge in [-0.1, -0.05) is 0 Å². The van der Waals surface area contributed by atoms with Crippen molar-refractivity contribution < 1.29 is 23.1 Å². The second-order valence-corrected chi connectivity index (χ2v) is 5.81. The molecule has 1 unspecified atom stereocenters. The number of fused-ring (bicyclic) bond motifs is 1. The van der Waals surface area contributed by atoms with Gasteiger partial charge in [0.2, 0.25) is 9.84 Å². The van der Waals surface area contributed by atoms with Crippen LogP contribution in [0.15, 0.2) is 28.5 Å². The highest BCUT2D eigenvalue weighted by Crippen LogP contribution is 2.39. The number of ether oxygens (including phenoxy) is 1. The average Bonchev–Trinajstić information content (AvgIpc) is 2.60. The number of aliphatic carboxylic acids is 1. The number of benzene rings is 1. The summed E-state index contributed by atoms with van der Waals surface area (Å²) in [6.07, 6.45) is 0. The van der Waals surface area contributed by atoms with Crippen LogP contribution in [0.4, 0.5) is 0 Å². The first-order valence-electron chi connectivity index (χ1n) is 5.24. The number of methoxy groups -OCH3 is 1. The minimum absolute atomic E-state index is 0.131. The zero-order chi connectivity index (χ0) is 13.5. The van der Waals surface area contributed by atoms with Gasteiger partial charge in [-0.05, 0) is 30.7 Å². The molecule has 1 aliphatic heterocycles. The fourth-order valence-corrected chi connectivity index (χ4v) is 3.41. The summed E-state index contributed by atoms with van der Waals surface area (Å²) in [5.41, 5.74) is 0.695. The molecule has 0 saturated heterocycles. The lowest BCUT2D eigenvalue weighted by Crippen LogP contribution is -2.10. The van der Waals surface area contributed by atoms with Crippen LogP contribution in [0, 0.1) is 5.92 Å². The van der Waals surface area contributed by atoms with Gasteiger partial charge in [0.15, 0.2) is 0 Å². The maximum absolute atomic E-state index is 11.9. The summed E-state index contributed by atoms with van der Waals surface area (Å²) in [5.74, 6) is -1.45. The lowest BCUT2D eigenvalue weighted by molar-refractivity contribution is -0.139. The molecule has 1 N–H and O–H groups in total. The Hall–Kier alpha value is -1.82. The van der Waals surface area contributed by atoms with Gasteiger partial charge in [-0.3, -0.25) is 4.79 Å². The second-order valence-electron chi connectivity index (χ2n) is 4.04. The number of carbonyl (C=O) groups is 1. The standard InChI is InChI=1S/C12H12O5S/c1-7(12(13)14)10-6-18(15,16)11-4-3-8(17-2)5-9(10)11/h3-7H,1-2H3,(H,13,14). The Morgan fingerprint density at radius 1 is 1.39 bits per heavy atom. The molecular weight excluding hydrogens is 256 g/mol. The van der Waals surface area contributed by atoms with E-state index in [-0.39, 0.29) is 10.5 Å². The number of hydrogen-bond donors (Lipinski definition) is 1. The quantitative estimate of drug-likeness (QED) is 0.899. The molecule has 6 heteroatoms. The van der Waals surface area contributed by atoms with E-state index in [0.29, 0.717) is 11.3 Å². The summed E-state index contributed by atoms with van der Waals surface area (Å²) in [6.45, 7) is 1.46. The van der Waals surface area contributed by atoms with E-state index < -0.39 is 21.7 Å². The van der Waals surface area contributed by atoms with Gasteiger partial charge < -0.3 is 9.84 Å². The smallest absolute Gasteiger partial charge is 0.310 e. The van der Waals surface area contributed by atoms with Crippen molar-refractivity contribution in [1.29, 1.82) is 0 Å². The molecule has 1 atom stereocenters. The molecule has 0 spiro atoms. The van der Waals surface area contributed by atoms with Gasteiger partial charge in [0.25, 0.3) is 0 Å². The van der Waals surface area contributed by atoms with Crippen LogP contribution >= 0.6 is 0 Å². The van der Waals surface area contributed by atoms with Crippen LogP contribution in [0.2, 0.25) is 0 Å². The topological polar surface area (TPSA) is 80.7 Å². The van der Waals surface area contributed by atoms with Gasteiger partial charge >= 0.3 is 5.97 Å². The molecule has 18 heavy (non-hydrogen) atoms. The molecule has 1 aromatic carbocycles. The number of rotatable bonds is 3. The van der Waals surface area contributed by atoms with Crippen molar-refractivity contribution >= 4 is 21.4 Å². The van der Waals surface area contributed by atoms with Gasteiger partial charge in [-0.25, -0.2) is 8.42 Å². The predicted octanol–water partition coefficient (Wildman–Crippen LogP) is 1.54. The molecular formula is C12H12O5S. The van der Waals surface area contributed by atoms with E-state index in [1.807, 2.05) is 0 Å². The lowest BCUT2D eigenvalue weighted by Gasteiger charge is -2.10. The predicted molar refractivity (Wildman–Crippen MR) is 65.0 cm³/mol. The molecule has 2 rings (SSSR count). The summed E-state index contributed by atoms with van der Waals surface area (Å²) in [6, 6.07) is 4.52. The molecule has 1 aromatic rings. The maximum atomic E-state index is 11.9. The summed E-state index contributed by atoms with van der Waals surface area (Å²) < 4.78 is 28.8. The van der Waals surface area contributed by atoms with E-state index in [9.17, 15) is 13.2 Å². The van der Waals surface area contributed by atoms with Crippen LogP contribution in [-0.4, -0.2) is 26.6 Å². The molecule has 0 aromatic heterocycles. The lowest BCUT2D eigenvalue weighted by atomic mass is 9.95. The van der Waals surface area contributed by atoms with Crippen LogP contribution in [0.25, 0.3) is 5.57 Å². The fraction of sp³-hybridized carbons (Fsp3) is 0.250. The van der Waals surface area contributed by atoms with Crippen molar-refractivity contribution in [2.75, 3.05) is 7.11 Å². The van der Waals surface area contributed by atoms with Crippen molar-refractivity contribution in [3.05, 3.63) is 29.2 Å². The van der Waals surface area contributed by atoms with Crippen molar-refractivity contribution in [3.8, 4) is 5.75 Å². The first-order valence-corrected chi connectivity index (χ1v) is 6.79. The fourth-order valence-electron chi connectivity index (χ4n) is 1.87. The van der Waals surface area contributed by atoms with Gasteiger partial charge in [0.05, 0.1) is 17.9 Å². The highest BCUT2D eigenvalue weighted by molar-refractivity contribution is 7.95. The Morgan fingerprint density at radius 3 is 2.61 bits per heavy atom. The van der Waals surface area contributed by atoms with E-state index in [1.165, 1.54) is 20.1 Å². The Morgan fingerprint density at radius 2 is 2.06 bits per heavy atom. The SMILES string of the molecule is COc1ccc2c(c1)C(C(C)C(=O)O)=CS2(=O)=O. The zero-order valence-electron chi connectivity index (χ0n) is 9.88. The second kappa shape index (κ2) is 4.13. The third kappa shape index (κ3) is 1.88. The molecule has 5 nitrogen and oxygen atoms in total. The van der Waals surface area contributed by atoms with Gasteiger partial charge in [-0.2, -0.15) is 0 Å². The first kappa shape index (κ1) is 12.6. The number of sulfone groups is 1. The van der Waals surface area contributed by atoms with Crippen LogP contribution in [0.3, 0.4) is 0 Å². The van der Waals surface area contributed by atoms with E-state index >= 15 is 0 Å². The molecule has 0 bridgehead atoms.